The molecule has 2 heterocycles. The lowest BCUT2D eigenvalue weighted by Crippen LogP contribution is -2.37. The normalized spacial score (nSPS) is 15.9. The standard InChI is InChI=1S/C21H21F3N2O3S/c1-2-29-20(28)17-13-30-19(25-17)15-8-10-26(11-9-15)18(27)12-16(21(22,23)24)14-6-4-3-5-7-14/h3-7,12-13,15H,2,8-11H2,1H3. The smallest absolute Gasteiger partial charge is 0.417 e. The van der Waals surface area contributed by atoms with E-state index in [1.807, 2.05) is 0 Å². The van der Waals surface area contributed by atoms with Gasteiger partial charge in [-0.05, 0) is 25.3 Å². The summed E-state index contributed by atoms with van der Waals surface area (Å²) in [4.78, 5) is 30.0. The zero-order chi connectivity index (χ0) is 21.7. The Hall–Kier alpha value is -2.68. The van der Waals surface area contributed by atoms with Gasteiger partial charge in [-0.25, -0.2) is 9.78 Å². The first-order valence-corrected chi connectivity index (χ1v) is 10.4. The highest BCUT2D eigenvalue weighted by Crippen LogP contribution is 2.35. The molecular weight excluding hydrogens is 417 g/mol. The van der Waals surface area contributed by atoms with Crippen LogP contribution in [0.1, 0.15) is 46.7 Å². The van der Waals surface area contributed by atoms with Crippen LogP contribution in [-0.4, -0.2) is 47.6 Å². The van der Waals surface area contributed by atoms with E-state index >= 15 is 0 Å². The van der Waals surface area contributed by atoms with Crippen molar-refractivity contribution in [2.75, 3.05) is 19.7 Å². The molecule has 1 aliphatic heterocycles. The molecule has 0 atom stereocenters. The molecule has 0 aliphatic carbocycles. The Morgan fingerprint density at radius 1 is 1.23 bits per heavy atom. The Kier molecular flexibility index (Phi) is 6.91. The number of halogens is 3. The number of rotatable bonds is 5. The van der Waals surface area contributed by atoms with Gasteiger partial charge in [0.25, 0.3) is 0 Å². The molecule has 30 heavy (non-hydrogen) atoms. The van der Waals surface area contributed by atoms with Crippen LogP contribution in [0.25, 0.3) is 5.57 Å². The quantitative estimate of drug-likeness (QED) is 0.503. The number of alkyl halides is 3. The first kappa shape index (κ1) is 22.0. The monoisotopic (exact) mass is 438 g/mol. The first-order chi connectivity index (χ1) is 14.3. The van der Waals surface area contributed by atoms with Crippen molar-refractivity contribution in [3.8, 4) is 0 Å². The summed E-state index contributed by atoms with van der Waals surface area (Å²) in [5, 5.41) is 2.42. The highest BCUT2D eigenvalue weighted by Gasteiger charge is 2.36. The number of carbonyl (C=O) groups is 2. The number of ether oxygens (including phenoxy) is 1. The van der Waals surface area contributed by atoms with E-state index in [-0.39, 0.29) is 23.8 Å². The lowest BCUT2D eigenvalue weighted by Gasteiger charge is -2.30. The van der Waals surface area contributed by atoms with Gasteiger partial charge >= 0.3 is 12.1 Å². The molecule has 2 aromatic rings. The number of amides is 1. The maximum absolute atomic E-state index is 13.5. The number of allylic oxidation sites excluding steroid dienone is 1. The third-order valence-electron chi connectivity index (χ3n) is 4.82. The van der Waals surface area contributed by atoms with Crippen molar-refractivity contribution in [3.63, 3.8) is 0 Å². The van der Waals surface area contributed by atoms with Crippen LogP contribution in [0.4, 0.5) is 13.2 Å². The molecule has 1 saturated heterocycles. The van der Waals surface area contributed by atoms with Crippen molar-refractivity contribution in [2.45, 2.75) is 31.9 Å². The second-order valence-corrected chi connectivity index (χ2v) is 7.70. The largest absolute Gasteiger partial charge is 0.461 e. The number of hydrogen-bond acceptors (Lipinski definition) is 5. The number of benzene rings is 1. The van der Waals surface area contributed by atoms with Crippen molar-refractivity contribution in [2.24, 2.45) is 0 Å². The van der Waals surface area contributed by atoms with Crippen molar-refractivity contribution < 1.29 is 27.5 Å². The van der Waals surface area contributed by atoms with E-state index in [4.69, 9.17) is 4.74 Å². The van der Waals surface area contributed by atoms with Gasteiger partial charge in [0.05, 0.1) is 17.2 Å². The molecule has 160 valence electrons. The van der Waals surface area contributed by atoms with Crippen LogP contribution >= 0.6 is 11.3 Å². The summed E-state index contributed by atoms with van der Waals surface area (Å²) in [6.45, 7) is 2.64. The Morgan fingerprint density at radius 2 is 1.90 bits per heavy atom. The predicted molar refractivity (Wildman–Crippen MR) is 107 cm³/mol. The molecular formula is C21H21F3N2O3S. The maximum Gasteiger partial charge on any atom is 0.417 e. The molecule has 1 aromatic carbocycles. The van der Waals surface area contributed by atoms with Crippen LogP contribution < -0.4 is 0 Å². The van der Waals surface area contributed by atoms with Crippen molar-refractivity contribution in [1.29, 1.82) is 0 Å². The minimum atomic E-state index is -4.63. The minimum absolute atomic E-state index is 0.0393. The average Bonchev–Trinajstić information content (AvgIpc) is 3.22. The van der Waals surface area contributed by atoms with E-state index in [1.165, 1.54) is 40.5 Å². The fourth-order valence-corrected chi connectivity index (χ4v) is 4.24. The van der Waals surface area contributed by atoms with Gasteiger partial charge in [0, 0.05) is 30.5 Å². The fourth-order valence-electron chi connectivity index (χ4n) is 3.28. The van der Waals surface area contributed by atoms with Gasteiger partial charge in [-0.15, -0.1) is 11.3 Å². The maximum atomic E-state index is 13.5. The number of piperidine rings is 1. The molecule has 9 heteroatoms. The van der Waals surface area contributed by atoms with E-state index in [2.05, 4.69) is 4.98 Å². The molecule has 0 unspecified atom stereocenters. The summed E-state index contributed by atoms with van der Waals surface area (Å²) in [6.07, 6.45) is -2.80. The zero-order valence-corrected chi connectivity index (χ0v) is 17.1. The molecule has 1 fully saturated rings. The molecule has 3 rings (SSSR count). The van der Waals surface area contributed by atoms with E-state index < -0.39 is 23.6 Å². The number of aromatic nitrogens is 1. The Balaban J connectivity index is 1.66. The van der Waals surface area contributed by atoms with Crippen LogP contribution in [0.15, 0.2) is 41.8 Å². The predicted octanol–water partition coefficient (Wildman–Crippen LogP) is 4.67. The SMILES string of the molecule is CCOC(=O)c1csc(C2CCN(C(=O)C=C(c3ccccc3)C(F)(F)F)CC2)n1. The van der Waals surface area contributed by atoms with Crippen LogP contribution in [0.5, 0.6) is 0 Å². The van der Waals surface area contributed by atoms with Gasteiger partial charge in [-0.2, -0.15) is 13.2 Å². The summed E-state index contributed by atoms with van der Waals surface area (Å²) in [5.74, 6) is -1.07. The molecule has 5 nitrogen and oxygen atoms in total. The van der Waals surface area contributed by atoms with Crippen molar-refractivity contribution >= 4 is 28.8 Å². The highest BCUT2D eigenvalue weighted by atomic mass is 32.1. The van der Waals surface area contributed by atoms with Crippen LogP contribution in [0.2, 0.25) is 0 Å². The average molecular weight is 438 g/mol. The Bertz CT molecular complexity index is 917. The molecule has 0 radical (unpaired) electrons. The second kappa shape index (κ2) is 9.42. The highest BCUT2D eigenvalue weighted by molar-refractivity contribution is 7.09. The van der Waals surface area contributed by atoms with Gasteiger partial charge in [0.15, 0.2) is 5.69 Å². The number of hydrogen-bond donors (Lipinski definition) is 0. The lowest BCUT2D eigenvalue weighted by molar-refractivity contribution is -0.127. The number of thiazole rings is 1. The summed E-state index contributed by atoms with van der Waals surface area (Å²) >= 11 is 1.36. The zero-order valence-electron chi connectivity index (χ0n) is 16.3. The Labute approximate surface area is 176 Å². The van der Waals surface area contributed by atoms with E-state index in [1.54, 1.807) is 18.4 Å². The van der Waals surface area contributed by atoms with Gasteiger partial charge in [0.1, 0.15) is 0 Å². The topological polar surface area (TPSA) is 59.5 Å². The summed E-state index contributed by atoms with van der Waals surface area (Å²) in [7, 11) is 0. The van der Waals surface area contributed by atoms with Gasteiger partial charge in [-0.1, -0.05) is 30.3 Å². The van der Waals surface area contributed by atoms with E-state index in [0.29, 0.717) is 32.0 Å². The van der Waals surface area contributed by atoms with Crippen molar-refractivity contribution in [3.05, 3.63) is 58.1 Å². The number of likely N-dealkylation sites (tertiary alicyclic amines) is 1. The molecule has 0 bridgehead atoms. The number of carbonyl (C=O) groups excluding carboxylic acids is 2. The number of esters is 1. The third-order valence-corrected chi connectivity index (χ3v) is 5.83. The summed E-state index contributed by atoms with van der Waals surface area (Å²) in [6, 6.07) is 7.30. The van der Waals surface area contributed by atoms with Crippen LogP contribution in [-0.2, 0) is 9.53 Å². The van der Waals surface area contributed by atoms with Crippen LogP contribution in [0, 0.1) is 0 Å². The number of nitrogens with zero attached hydrogens (tertiary/aromatic N) is 2. The summed E-state index contributed by atoms with van der Waals surface area (Å²) < 4.78 is 45.3. The van der Waals surface area contributed by atoms with Gasteiger partial charge < -0.3 is 9.64 Å². The van der Waals surface area contributed by atoms with Gasteiger partial charge in [0.2, 0.25) is 5.91 Å². The van der Waals surface area contributed by atoms with Gasteiger partial charge in [-0.3, -0.25) is 4.79 Å². The van der Waals surface area contributed by atoms with Crippen molar-refractivity contribution in [1.82, 2.24) is 9.88 Å². The molecule has 0 spiro atoms. The van der Waals surface area contributed by atoms with E-state index in [9.17, 15) is 22.8 Å². The first-order valence-electron chi connectivity index (χ1n) is 9.55. The molecule has 0 N–H and O–H groups in total. The Morgan fingerprint density at radius 3 is 2.50 bits per heavy atom. The second-order valence-electron chi connectivity index (χ2n) is 6.81. The van der Waals surface area contributed by atoms with Crippen LogP contribution in [0.3, 0.4) is 0 Å². The molecule has 1 amide bonds. The molecule has 1 aromatic heterocycles. The third kappa shape index (κ3) is 5.27. The summed E-state index contributed by atoms with van der Waals surface area (Å²) in [5.41, 5.74) is -0.729. The van der Waals surface area contributed by atoms with E-state index in [0.717, 1.165) is 5.01 Å². The molecule has 0 saturated carbocycles. The molecule has 1 aliphatic rings. The lowest BCUT2D eigenvalue weighted by atomic mass is 9.97. The fraction of sp³-hybridized carbons (Fsp3) is 0.381. The minimum Gasteiger partial charge on any atom is -0.461 e.